The van der Waals surface area contributed by atoms with Crippen molar-refractivity contribution in [3.8, 4) is 0 Å². The Hall–Kier alpha value is -0.420. The molecule has 0 bridgehead atoms. The highest BCUT2D eigenvalue weighted by Crippen LogP contribution is 2.72. The first-order chi connectivity index (χ1) is 22.1. The molecule has 4 nitrogen and oxygen atoms in total. The van der Waals surface area contributed by atoms with Gasteiger partial charge in [-0.3, -0.25) is 0 Å². The number of hydrogen-bond donors (Lipinski definition) is 4. The molecule has 5 N–H and O–H groups in total. The van der Waals surface area contributed by atoms with Gasteiger partial charge in [0.25, 0.3) is 0 Å². The standard InChI is InChI=1S/C33H64N4.C7H16.C2H4/c1-25(12-9-23-36-21-6-7-22-37-24-10-20-34)27-15-18-31(3)29(27)13-14-30-32(31,4)19-16-28-26(2)11-8-17-33(28,30)35-5;1-4-5-6-7(2)3;1-2/h25-30,35-37H,6-24,34H2,1-5H3;7H,4-6H2,1-3H3;1-2H2. The van der Waals surface area contributed by atoms with Crippen molar-refractivity contribution in [1.29, 1.82) is 0 Å². The molecule has 0 aromatic heterocycles. The summed E-state index contributed by atoms with van der Waals surface area (Å²) in [5.74, 6) is 6.37. The van der Waals surface area contributed by atoms with Gasteiger partial charge in [0.05, 0.1) is 0 Å². The predicted molar refractivity (Wildman–Crippen MR) is 205 cm³/mol. The molecule has 0 heterocycles. The summed E-state index contributed by atoms with van der Waals surface area (Å²) in [6.45, 7) is 28.9. The number of rotatable bonds is 17. The molecular weight excluding hydrogens is 560 g/mol. The predicted octanol–water partition coefficient (Wildman–Crippen LogP) is 9.98. The first-order valence-electron chi connectivity index (χ1n) is 20.4. The number of unbranched alkanes of at least 4 members (excludes halogenated alkanes) is 2. The average Bonchev–Trinajstić information content (AvgIpc) is 3.41. The van der Waals surface area contributed by atoms with Crippen LogP contribution in [0.1, 0.15) is 158 Å². The van der Waals surface area contributed by atoms with Crippen molar-refractivity contribution in [2.75, 3.05) is 39.8 Å². The van der Waals surface area contributed by atoms with Gasteiger partial charge in [-0.25, -0.2) is 0 Å². The monoisotopic (exact) mass is 645 g/mol. The molecule has 0 radical (unpaired) electrons. The van der Waals surface area contributed by atoms with Crippen LogP contribution in [0.3, 0.4) is 0 Å². The van der Waals surface area contributed by atoms with Crippen LogP contribution in [0.2, 0.25) is 0 Å². The van der Waals surface area contributed by atoms with Gasteiger partial charge in [-0.1, -0.05) is 80.6 Å². The van der Waals surface area contributed by atoms with Crippen LogP contribution in [0.15, 0.2) is 13.2 Å². The highest BCUT2D eigenvalue weighted by molar-refractivity contribution is 5.19. The van der Waals surface area contributed by atoms with Crippen molar-refractivity contribution >= 4 is 0 Å². The van der Waals surface area contributed by atoms with E-state index in [1.165, 1.54) is 116 Å². The summed E-state index contributed by atoms with van der Waals surface area (Å²) < 4.78 is 0. The lowest BCUT2D eigenvalue weighted by Crippen LogP contribution is -2.69. The van der Waals surface area contributed by atoms with Crippen LogP contribution < -0.4 is 21.7 Å². The van der Waals surface area contributed by atoms with Gasteiger partial charge in [-0.15, -0.1) is 13.2 Å². The highest BCUT2D eigenvalue weighted by Gasteiger charge is 2.67. The van der Waals surface area contributed by atoms with Crippen LogP contribution in [0.25, 0.3) is 0 Å². The van der Waals surface area contributed by atoms with Gasteiger partial charge in [0.15, 0.2) is 0 Å². The van der Waals surface area contributed by atoms with Gasteiger partial charge in [-0.05, 0) is 169 Å². The minimum atomic E-state index is 0.411. The summed E-state index contributed by atoms with van der Waals surface area (Å²) in [5, 5.41) is 11.3. The van der Waals surface area contributed by atoms with E-state index in [4.69, 9.17) is 5.73 Å². The fourth-order valence-corrected chi connectivity index (χ4v) is 11.5. The second kappa shape index (κ2) is 20.9. The van der Waals surface area contributed by atoms with E-state index in [1.807, 2.05) is 0 Å². The summed E-state index contributed by atoms with van der Waals surface area (Å²) in [5.41, 5.74) is 7.02. The lowest BCUT2D eigenvalue weighted by molar-refractivity contribution is -0.171. The zero-order valence-corrected chi connectivity index (χ0v) is 32.6. The molecule has 0 amide bonds. The third-order valence-electron chi connectivity index (χ3n) is 14.2. The maximum atomic E-state index is 5.55. The van der Waals surface area contributed by atoms with Crippen LogP contribution >= 0.6 is 0 Å². The third kappa shape index (κ3) is 10.1. The zero-order valence-electron chi connectivity index (χ0n) is 32.6. The topological polar surface area (TPSA) is 62.1 Å². The van der Waals surface area contributed by atoms with Crippen LogP contribution in [0.5, 0.6) is 0 Å². The van der Waals surface area contributed by atoms with Gasteiger partial charge >= 0.3 is 0 Å². The normalized spacial score (nSPS) is 35.6. The number of hydrogen-bond acceptors (Lipinski definition) is 4. The molecule has 9 unspecified atom stereocenters. The Morgan fingerprint density at radius 1 is 0.739 bits per heavy atom. The van der Waals surface area contributed by atoms with Crippen LogP contribution in [-0.2, 0) is 0 Å². The van der Waals surface area contributed by atoms with E-state index >= 15 is 0 Å². The Morgan fingerprint density at radius 2 is 1.37 bits per heavy atom. The van der Waals surface area contributed by atoms with Gasteiger partial charge in [0, 0.05) is 5.54 Å². The van der Waals surface area contributed by atoms with E-state index in [0.717, 1.165) is 67.5 Å². The fraction of sp³-hybridized carbons (Fsp3) is 0.952. The molecule has 0 saturated heterocycles. The second-order valence-electron chi connectivity index (χ2n) is 17.1. The lowest BCUT2D eigenvalue weighted by atomic mass is 9.38. The molecule has 4 heteroatoms. The Labute approximate surface area is 289 Å². The third-order valence-corrected chi connectivity index (χ3v) is 14.2. The summed E-state index contributed by atoms with van der Waals surface area (Å²) in [6, 6.07) is 0. The van der Waals surface area contributed by atoms with Crippen molar-refractivity contribution in [3.63, 3.8) is 0 Å². The molecule has 272 valence electrons. The smallest absolute Gasteiger partial charge is 0.0242 e. The summed E-state index contributed by atoms with van der Waals surface area (Å²) in [7, 11) is 2.32. The van der Waals surface area contributed by atoms with Gasteiger partial charge in [-0.2, -0.15) is 0 Å². The first kappa shape index (κ1) is 41.7. The Kier molecular flexibility index (Phi) is 19.0. The SMILES string of the molecule is C=C.CCCCC(C)C.CNC12CCCC(C)C1CCC1(C)C2CCC2C(C(C)CCCNCCCCNCCCN)CCC21C. The van der Waals surface area contributed by atoms with E-state index in [-0.39, 0.29) is 0 Å². The molecule has 0 spiro atoms. The van der Waals surface area contributed by atoms with Crippen LogP contribution in [-0.4, -0.2) is 45.3 Å². The number of nitrogens with two attached hydrogens (primary N) is 1. The van der Waals surface area contributed by atoms with Crippen molar-refractivity contribution < 1.29 is 0 Å². The van der Waals surface area contributed by atoms with E-state index < -0.39 is 0 Å². The molecule has 0 aromatic carbocycles. The van der Waals surface area contributed by atoms with E-state index in [9.17, 15) is 0 Å². The molecule has 4 aliphatic carbocycles. The number of fused-ring (bicyclic) bond motifs is 5. The largest absolute Gasteiger partial charge is 0.330 e. The van der Waals surface area contributed by atoms with Gasteiger partial charge in [0.2, 0.25) is 0 Å². The Morgan fingerprint density at radius 3 is 1.96 bits per heavy atom. The minimum Gasteiger partial charge on any atom is -0.330 e. The molecule has 4 rings (SSSR count). The summed E-state index contributed by atoms with van der Waals surface area (Å²) >= 11 is 0. The van der Waals surface area contributed by atoms with Crippen LogP contribution in [0.4, 0.5) is 0 Å². The fourth-order valence-electron chi connectivity index (χ4n) is 11.5. The summed E-state index contributed by atoms with van der Waals surface area (Å²) in [6.07, 6.45) is 23.7. The van der Waals surface area contributed by atoms with Crippen molar-refractivity contribution in [2.45, 2.75) is 163 Å². The maximum absolute atomic E-state index is 5.55. The molecule has 4 saturated carbocycles. The Balaban J connectivity index is 0.000000724. The Bertz CT molecular complexity index is 801. The molecule has 4 fully saturated rings. The van der Waals surface area contributed by atoms with Crippen molar-refractivity contribution in [1.82, 2.24) is 16.0 Å². The number of nitrogens with one attached hydrogen (secondary N) is 3. The minimum absolute atomic E-state index is 0.411. The van der Waals surface area contributed by atoms with E-state index in [2.05, 4.69) is 84.6 Å². The first-order valence-corrected chi connectivity index (χ1v) is 20.4. The molecular formula is C42H84N4. The highest BCUT2D eigenvalue weighted by atomic mass is 15.0. The lowest BCUT2D eigenvalue weighted by Gasteiger charge is -2.68. The van der Waals surface area contributed by atoms with Crippen LogP contribution in [0, 0.1) is 52.3 Å². The van der Waals surface area contributed by atoms with Crippen molar-refractivity contribution in [3.05, 3.63) is 13.2 Å². The summed E-state index contributed by atoms with van der Waals surface area (Å²) in [4.78, 5) is 0. The zero-order chi connectivity index (χ0) is 34.2. The van der Waals surface area contributed by atoms with Gasteiger partial charge < -0.3 is 21.7 Å². The molecule has 0 aromatic rings. The van der Waals surface area contributed by atoms with Crippen molar-refractivity contribution in [2.24, 2.45) is 58.0 Å². The molecule has 0 aliphatic heterocycles. The second-order valence-corrected chi connectivity index (χ2v) is 17.1. The quantitative estimate of drug-likeness (QED) is 0.0940. The van der Waals surface area contributed by atoms with Gasteiger partial charge in [0.1, 0.15) is 0 Å². The molecule has 4 aliphatic rings. The molecule has 9 atom stereocenters. The van der Waals surface area contributed by atoms with E-state index in [0.29, 0.717) is 16.4 Å². The molecule has 46 heavy (non-hydrogen) atoms. The average molecular weight is 645 g/mol. The maximum Gasteiger partial charge on any atom is 0.0242 e. The van der Waals surface area contributed by atoms with E-state index in [1.54, 1.807) is 0 Å².